The van der Waals surface area contributed by atoms with E-state index in [-0.39, 0.29) is 17.9 Å². The van der Waals surface area contributed by atoms with Gasteiger partial charge in [0.2, 0.25) is 11.8 Å². The molecule has 4 unspecified atom stereocenters. The van der Waals surface area contributed by atoms with E-state index in [1.165, 1.54) is 0 Å². The summed E-state index contributed by atoms with van der Waals surface area (Å²) >= 11 is 6.30. The number of fused-ring (bicyclic) bond motifs is 1. The predicted octanol–water partition coefficient (Wildman–Crippen LogP) is 1.46. The summed E-state index contributed by atoms with van der Waals surface area (Å²) in [7, 11) is 0. The Hall–Kier alpha value is -1.93. The van der Waals surface area contributed by atoms with E-state index in [1.807, 2.05) is 36.4 Å². The maximum absolute atomic E-state index is 13.3. The molecular formula is C23H28ClN3O4. The molecule has 31 heavy (non-hydrogen) atoms. The van der Waals surface area contributed by atoms with Crippen LogP contribution in [0.5, 0.6) is 0 Å². The van der Waals surface area contributed by atoms with E-state index in [9.17, 15) is 9.59 Å². The van der Waals surface area contributed by atoms with Crippen molar-refractivity contribution in [2.45, 2.75) is 24.7 Å². The van der Waals surface area contributed by atoms with Gasteiger partial charge in [-0.1, -0.05) is 42.0 Å². The third-order valence-electron chi connectivity index (χ3n) is 6.85. The van der Waals surface area contributed by atoms with Crippen molar-refractivity contribution in [2.75, 3.05) is 45.9 Å². The average Bonchev–Trinajstić information content (AvgIpc) is 3.42. The lowest BCUT2D eigenvalue weighted by atomic mass is 9.77. The monoisotopic (exact) mass is 445 g/mol. The second-order valence-corrected chi connectivity index (χ2v) is 9.19. The first-order valence-corrected chi connectivity index (χ1v) is 11.4. The molecule has 166 valence electrons. The maximum Gasteiger partial charge on any atom is 0.230 e. The molecule has 4 heterocycles. The molecule has 1 aromatic carbocycles. The van der Waals surface area contributed by atoms with Crippen molar-refractivity contribution in [1.29, 1.82) is 0 Å². The highest BCUT2D eigenvalue weighted by Gasteiger charge is 2.66. The van der Waals surface area contributed by atoms with Crippen LogP contribution < -0.4 is 5.32 Å². The summed E-state index contributed by atoms with van der Waals surface area (Å²) in [5, 5.41) is 3.69. The molecule has 3 saturated heterocycles. The van der Waals surface area contributed by atoms with Crippen molar-refractivity contribution in [3.05, 3.63) is 47.0 Å². The molecule has 5 rings (SSSR count). The normalized spacial score (nSPS) is 32.0. The molecule has 4 aliphatic heterocycles. The van der Waals surface area contributed by atoms with Gasteiger partial charge in [0.05, 0.1) is 37.7 Å². The number of morpholine rings is 1. The minimum absolute atomic E-state index is 0.0276. The van der Waals surface area contributed by atoms with Gasteiger partial charge in [-0.25, -0.2) is 0 Å². The lowest BCUT2D eigenvalue weighted by Crippen LogP contribution is -2.45. The standard InChI is InChI=1S/C23H28ClN3O4/c24-17-5-2-1-4-16(17)14-27-15-23-7-6-18(31-23)19(20(23)22(27)29)21(28)25-8-3-9-26-10-12-30-13-11-26/h1-2,4-7,18-20H,3,8-15H2,(H,25,28). The third kappa shape index (κ3) is 3.89. The number of halogens is 1. The fourth-order valence-corrected chi connectivity index (χ4v) is 5.50. The fourth-order valence-electron chi connectivity index (χ4n) is 5.30. The molecule has 2 amide bonds. The molecule has 0 radical (unpaired) electrons. The smallest absolute Gasteiger partial charge is 0.230 e. The van der Waals surface area contributed by atoms with E-state index in [0.29, 0.717) is 24.7 Å². The lowest BCUT2D eigenvalue weighted by molar-refractivity contribution is -0.137. The molecule has 0 aromatic heterocycles. The number of carbonyl (C=O) groups is 2. The van der Waals surface area contributed by atoms with Gasteiger partial charge >= 0.3 is 0 Å². The highest BCUT2D eigenvalue weighted by Crippen LogP contribution is 2.52. The van der Waals surface area contributed by atoms with Crippen LogP contribution in [0.2, 0.25) is 5.02 Å². The van der Waals surface area contributed by atoms with Crippen LogP contribution in [0.25, 0.3) is 0 Å². The Morgan fingerprint density at radius 2 is 2.06 bits per heavy atom. The van der Waals surface area contributed by atoms with Crippen LogP contribution in [0.1, 0.15) is 12.0 Å². The Morgan fingerprint density at radius 3 is 2.87 bits per heavy atom. The molecule has 2 bridgehead atoms. The van der Waals surface area contributed by atoms with Crippen LogP contribution in [0, 0.1) is 11.8 Å². The van der Waals surface area contributed by atoms with Crippen molar-refractivity contribution < 1.29 is 19.1 Å². The largest absolute Gasteiger partial charge is 0.379 e. The van der Waals surface area contributed by atoms with Crippen LogP contribution >= 0.6 is 11.6 Å². The zero-order valence-electron chi connectivity index (χ0n) is 17.5. The van der Waals surface area contributed by atoms with Gasteiger partial charge < -0.3 is 19.7 Å². The average molecular weight is 446 g/mol. The van der Waals surface area contributed by atoms with E-state index in [4.69, 9.17) is 21.1 Å². The van der Waals surface area contributed by atoms with E-state index < -0.39 is 17.4 Å². The van der Waals surface area contributed by atoms with Crippen molar-refractivity contribution in [2.24, 2.45) is 11.8 Å². The Balaban J connectivity index is 1.21. The molecule has 3 fully saturated rings. The highest BCUT2D eigenvalue weighted by atomic mass is 35.5. The van der Waals surface area contributed by atoms with Crippen LogP contribution in [-0.4, -0.2) is 79.3 Å². The number of hydrogen-bond acceptors (Lipinski definition) is 5. The zero-order chi connectivity index (χ0) is 21.4. The van der Waals surface area contributed by atoms with Crippen LogP contribution in [0.15, 0.2) is 36.4 Å². The van der Waals surface area contributed by atoms with Crippen molar-refractivity contribution in [3.8, 4) is 0 Å². The number of rotatable bonds is 7. The quantitative estimate of drug-likeness (QED) is 0.508. The Kier molecular flexibility index (Phi) is 5.77. The van der Waals surface area contributed by atoms with Gasteiger partial charge in [-0.2, -0.15) is 0 Å². The van der Waals surface area contributed by atoms with E-state index in [0.717, 1.165) is 44.8 Å². The summed E-state index contributed by atoms with van der Waals surface area (Å²) in [5.41, 5.74) is 0.204. The van der Waals surface area contributed by atoms with Gasteiger partial charge in [-0.15, -0.1) is 0 Å². The SMILES string of the molecule is O=C(NCCCN1CCOCC1)C1C2C=CC3(CN(Cc4ccccc4Cl)C(=O)C13)O2. The van der Waals surface area contributed by atoms with Gasteiger partial charge in [-0.05, 0) is 24.6 Å². The number of benzene rings is 1. The molecule has 8 heteroatoms. The topological polar surface area (TPSA) is 71.1 Å². The first-order chi connectivity index (χ1) is 15.1. The second kappa shape index (κ2) is 8.54. The second-order valence-electron chi connectivity index (χ2n) is 8.78. The maximum atomic E-state index is 13.3. The summed E-state index contributed by atoms with van der Waals surface area (Å²) < 4.78 is 11.6. The fraction of sp³-hybridized carbons (Fsp3) is 0.565. The summed E-state index contributed by atoms with van der Waals surface area (Å²) in [6, 6.07) is 7.54. The first kappa shape index (κ1) is 20.9. The number of ether oxygens (including phenoxy) is 2. The van der Waals surface area contributed by atoms with Crippen LogP contribution in [-0.2, 0) is 25.6 Å². The van der Waals surface area contributed by atoms with Gasteiger partial charge in [0.15, 0.2) is 0 Å². The minimum Gasteiger partial charge on any atom is -0.379 e. The van der Waals surface area contributed by atoms with Gasteiger partial charge in [0, 0.05) is 31.2 Å². The van der Waals surface area contributed by atoms with Gasteiger partial charge in [0.1, 0.15) is 5.60 Å². The van der Waals surface area contributed by atoms with E-state index >= 15 is 0 Å². The number of likely N-dealkylation sites (tertiary alicyclic amines) is 1. The number of amides is 2. The molecule has 1 spiro atoms. The lowest BCUT2D eigenvalue weighted by Gasteiger charge is -2.27. The summed E-state index contributed by atoms with van der Waals surface area (Å²) in [6.07, 6.45) is 4.48. The molecule has 0 aliphatic carbocycles. The van der Waals surface area contributed by atoms with Gasteiger partial charge in [-0.3, -0.25) is 14.5 Å². The predicted molar refractivity (Wildman–Crippen MR) is 115 cm³/mol. The number of carbonyl (C=O) groups excluding carboxylic acids is 2. The molecule has 4 aliphatic rings. The van der Waals surface area contributed by atoms with Gasteiger partial charge in [0.25, 0.3) is 0 Å². The molecular weight excluding hydrogens is 418 g/mol. The number of nitrogens with zero attached hydrogens (tertiary/aromatic N) is 2. The van der Waals surface area contributed by atoms with Crippen molar-refractivity contribution >= 4 is 23.4 Å². The Morgan fingerprint density at radius 1 is 1.26 bits per heavy atom. The highest BCUT2D eigenvalue weighted by molar-refractivity contribution is 6.31. The molecule has 1 N–H and O–H groups in total. The Bertz CT molecular complexity index is 887. The summed E-state index contributed by atoms with van der Waals surface area (Å²) in [4.78, 5) is 30.5. The molecule has 4 atom stereocenters. The van der Waals surface area contributed by atoms with Crippen molar-refractivity contribution in [1.82, 2.24) is 15.1 Å². The molecule has 1 aromatic rings. The number of hydrogen-bond donors (Lipinski definition) is 1. The number of nitrogens with one attached hydrogen (secondary N) is 1. The third-order valence-corrected chi connectivity index (χ3v) is 7.22. The Labute approximate surface area is 187 Å². The van der Waals surface area contributed by atoms with E-state index in [2.05, 4.69) is 10.2 Å². The minimum atomic E-state index is -0.696. The molecule has 7 nitrogen and oxygen atoms in total. The van der Waals surface area contributed by atoms with Crippen molar-refractivity contribution in [3.63, 3.8) is 0 Å². The van der Waals surface area contributed by atoms with E-state index in [1.54, 1.807) is 4.90 Å². The van der Waals surface area contributed by atoms with Crippen LogP contribution in [0.3, 0.4) is 0 Å². The molecule has 0 saturated carbocycles. The van der Waals surface area contributed by atoms with Crippen LogP contribution in [0.4, 0.5) is 0 Å². The first-order valence-electron chi connectivity index (χ1n) is 11.0. The summed E-state index contributed by atoms with van der Waals surface area (Å²) in [6.45, 7) is 5.84. The summed E-state index contributed by atoms with van der Waals surface area (Å²) in [5.74, 6) is -1.06. The zero-order valence-corrected chi connectivity index (χ0v) is 18.2.